The lowest BCUT2D eigenvalue weighted by atomic mass is 10.1. The van der Waals surface area contributed by atoms with Crippen LogP contribution >= 0.6 is 0 Å². The molecule has 2 aliphatic rings. The van der Waals surface area contributed by atoms with Gasteiger partial charge in [-0.1, -0.05) is 0 Å². The van der Waals surface area contributed by atoms with Crippen molar-refractivity contribution in [1.82, 2.24) is 10.2 Å². The van der Waals surface area contributed by atoms with Crippen LogP contribution in [0.4, 0.5) is 0 Å². The van der Waals surface area contributed by atoms with E-state index < -0.39 is 18.5 Å². The van der Waals surface area contributed by atoms with Gasteiger partial charge in [0.15, 0.2) is 6.61 Å². The van der Waals surface area contributed by atoms with Crippen molar-refractivity contribution in [1.29, 1.82) is 0 Å². The van der Waals surface area contributed by atoms with Gasteiger partial charge < -0.3 is 24.4 Å². The fraction of sp³-hybridized carbons (Fsp3) is 0.500. The molecule has 0 aromatic heterocycles. The van der Waals surface area contributed by atoms with E-state index in [1.807, 2.05) is 26.0 Å². The number of rotatable bonds is 9. The first-order valence-electron chi connectivity index (χ1n) is 10.2. The summed E-state index contributed by atoms with van der Waals surface area (Å²) in [6, 6.07) is 4.00. The van der Waals surface area contributed by atoms with E-state index in [2.05, 4.69) is 5.32 Å². The first kappa shape index (κ1) is 21.7. The SMILES string of the molecule is CCOc1cc2c(cc1/C=C/C(=O)OCC(=O)N(C)CC(=O)NC1CC1)O[C@@H](C)C2. The molecule has 1 fully saturated rings. The Balaban J connectivity index is 1.52. The van der Waals surface area contributed by atoms with Crippen LogP contribution < -0.4 is 14.8 Å². The van der Waals surface area contributed by atoms with Gasteiger partial charge in [0.05, 0.1) is 13.2 Å². The van der Waals surface area contributed by atoms with E-state index in [4.69, 9.17) is 14.2 Å². The molecule has 1 saturated carbocycles. The maximum Gasteiger partial charge on any atom is 0.331 e. The topological polar surface area (TPSA) is 94.2 Å². The van der Waals surface area contributed by atoms with Crippen molar-refractivity contribution in [3.63, 3.8) is 0 Å². The number of benzene rings is 1. The number of esters is 1. The summed E-state index contributed by atoms with van der Waals surface area (Å²) in [5.74, 6) is 0.126. The Labute approximate surface area is 176 Å². The number of nitrogens with zero attached hydrogens (tertiary/aromatic N) is 1. The van der Waals surface area contributed by atoms with Crippen LogP contribution in [0.1, 0.15) is 37.8 Å². The van der Waals surface area contributed by atoms with Crippen LogP contribution in [-0.4, -0.2) is 61.6 Å². The number of nitrogens with one attached hydrogen (secondary N) is 1. The highest BCUT2D eigenvalue weighted by atomic mass is 16.5. The van der Waals surface area contributed by atoms with E-state index in [-0.39, 0.29) is 24.6 Å². The number of amides is 2. The highest BCUT2D eigenvalue weighted by Crippen LogP contribution is 2.35. The third kappa shape index (κ3) is 5.98. The van der Waals surface area contributed by atoms with E-state index >= 15 is 0 Å². The zero-order valence-electron chi connectivity index (χ0n) is 17.6. The summed E-state index contributed by atoms with van der Waals surface area (Å²) in [6.07, 6.45) is 5.71. The minimum atomic E-state index is -0.656. The predicted octanol–water partition coefficient (Wildman–Crippen LogP) is 1.70. The van der Waals surface area contributed by atoms with Gasteiger partial charge in [-0.2, -0.15) is 0 Å². The Morgan fingerprint density at radius 3 is 2.77 bits per heavy atom. The van der Waals surface area contributed by atoms with Gasteiger partial charge in [-0.15, -0.1) is 0 Å². The Bertz CT molecular complexity index is 846. The smallest absolute Gasteiger partial charge is 0.331 e. The molecule has 1 aliphatic heterocycles. The van der Waals surface area contributed by atoms with Crippen LogP contribution in [0.3, 0.4) is 0 Å². The third-order valence-corrected chi connectivity index (χ3v) is 4.81. The molecular weight excluding hydrogens is 388 g/mol. The second-order valence-electron chi connectivity index (χ2n) is 7.60. The lowest BCUT2D eigenvalue weighted by Crippen LogP contribution is -2.40. The van der Waals surface area contributed by atoms with Gasteiger partial charge in [0, 0.05) is 36.7 Å². The summed E-state index contributed by atoms with van der Waals surface area (Å²) < 4.78 is 16.4. The van der Waals surface area contributed by atoms with Crippen molar-refractivity contribution in [3.8, 4) is 11.5 Å². The largest absolute Gasteiger partial charge is 0.493 e. The van der Waals surface area contributed by atoms with Crippen LogP contribution in [0.25, 0.3) is 6.08 Å². The zero-order chi connectivity index (χ0) is 21.7. The van der Waals surface area contributed by atoms with Crippen molar-refractivity contribution < 1.29 is 28.6 Å². The molecule has 0 bridgehead atoms. The number of carbonyl (C=O) groups excluding carboxylic acids is 3. The van der Waals surface area contributed by atoms with E-state index in [9.17, 15) is 14.4 Å². The van der Waals surface area contributed by atoms with Gasteiger partial charge in [-0.25, -0.2) is 4.79 Å². The number of hydrogen-bond donors (Lipinski definition) is 1. The van der Waals surface area contributed by atoms with Gasteiger partial charge in [0.25, 0.3) is 5.91 Å². The Hall–Kier alpha value is -3.03. The molecule has 3 rings (SSSR count). The lowest BCUT2D eigenvalue weighted by Gasteiger charge is -2.16. The molecule has 0 unspecified atom stereocenters. The molecular formula is C22H28N2O6. The first-order valence-corrected chi connectivity index (χ1v) is 10.2. The fourth-order valence-corrected chi connectivity index (χ4v) is 3.12. The Morgan fingerprint density at radius 2 is 2.07 bits per heavy atom. The quantitative estimate of drug-likeness (QED) is 0.486. The molecule has 162 valence electrons. The van der Waals surface area contributed by atoms with E-state index in [1.54, 1.807) is 6.08 Å². The summed E-state index contributed by atoms with van der Waals surface area (Å²) >= 11 is 0. The van der Waals surface area contributed by atoms with E-state index in [0.29, 0.717) is 17.9 Å². The molecule has 0 spiro atoms. The highest BCUT2D eigenvalue weighted by molar-refractivity contribution is 5.90. The molecule has 8 heteroatoms. The average Bonchev–Trinajstić information content (AvgIpc) is 3.43. The van der Waals surface area contributed by atoms with Gasteiger partial charge in [-0.05, 0) is 44.9 Å². The molecule has 1 heterocycles. The molecule has 0 saturated heterocycles. The highest BCUT2D eigenvalue weighted by Gasteiger charge is 2.24. The maximum absolute atomic E-state index is 12.1. The van der Waals surface area contributed by atoms with Crippen molar-refractivity contribution >= 4 is 23.9 Å². The number of carbonyl (C=O) groups is 3. The van der Waals surface area contributed by atoms with Crippen molar-refractivity contribution in [2.24, 2.45) is 0 Å². The van der Waals surface area contributed by atoms with Crippen molar-refractivity contribution in [2.45, 2.75) is 45.3 Å². The standard InChI is InChI=1S/C22H28N2O6/c1-4-28-18-11-16-9-14(2)30-19(16)10-15(18)5-8-22(27)29-13-21(26)24(3)12-20(25)23-17-6-7-17/h5,8,10-11,14,17H,4,6-7,9,12-13H2,1-3H3,(H,23,25)/b8-5+/t14-/m0/s1. The summed E-state index contributed by atoms with van der Waals surface area (Å²) in [4.78, 5) is 37.1. The van der Waals surface area contributed by atoms with Gasteiger partial charge in [0.2, 0.25) is 5.91 Å². The summed E-state index contributed by atoms with van der Waals surface area (Å²) in [7, 11) is 1.50. The van der Waals surface area contributed by atoms with Crippen LogP contribution in [0, 0.1) is 0 Å². The van der Waals surface area contributed by atoms with Gasteiger partial charge in [-0.3, -0.25) is 9.59 Å². The molecule has 2 amide bonds. The Kier molecular flexibility index (Phi) is 6.97. The predicted molar refractivity (Wildman–Crippen MR) is 110 cm³/mol. The lowest BCUT2D eigenvalue weighted by molar-refractivity contribution is -0.148. The van der Waals surface area contributed by atoms with Crippen LogP contribution in [-0.2, 0) is 25.5 Å². The number of likely N-dealkylation sites (N-methyl/N-ethyl adjacent to an activating group) is 1. The minimum absolute atomic E-state index is 0.0615. The molecule has 1 atom stereocenters. The molecule has 30 heavy (non-hydrogen) atoms. The average molecular weight is 416 g/mol. The number of hydrogen-bond acceptors (Lipinski definition) is 6. The van der Waals surface area contributed by atoms with Gasteiger partial charge >= 0.3 is 5.97 Å². The van der Waals surface area contributed by atoms with Crippen LogP contribution in [0.5, 0.6) is 11.5 Å². The molecule has 1 N–H and O–H groups in total. The second-order valence-corrected chi connectivity index (χ2v) is 7.60. The van der Waals surface area contributed by atoms with Gasteiger partial charge in [0.1, 0.15) is 17.6 Å². The van der Waals surface area contributed by atoms with E-state index in [0.717, 1.165) is 30.6 Å². The maximum atomic E-state index is 12.1. The van der Waals surface area contributed by atoms with Crippen molar-refractivity contribution in [3.05, 3.63) is 29.3 Å². The molecule has 0 radical (unpaired) electrons. The van der Waals surface area contributed by atoms with Crippen LogP contribution in [0.2, 0.25) is 0 Å². The summed E-state index contributed by atoms with van der Waals surface area (Å²) in [5.41, 5.74) is 1.77. The number of ether oxygens (including phenoxy) is 3. The first-order chi connectivity index (χ1) is 14.4. The molecule has 1 aromatic rings. The summed E-state index contributed by atoms with van der Waals surface area (Å²) in [6.45, 7) is 3.89. The zero-order valence-corrected chi connectivity index (χ0v) is 17.6. The van der Waals surface area contributed by atoms with Crippen molar-refractivity contribution in [2.75, 3.05) is 26.8 Å². The second kappa shape index (κ2) is 9.65. The number of fused-ring (bicyclic) bond motifs is 1. The molecule has 8 nitrogen and oxygen atoms in total. The normalized spacial score (nSPS) is 17.2. The Morgan fingerprint density at radius 1 is 1.30 bits per heavy atom. The summed E-state index contributed by atoms with van der Waals surface area (Å²) in [5, 5.41) is 2.81. The molecule has 1 aliphatic carbocycles. The minimum Gasteiger partial charge on any atom is -0.493 e. The molecule has 1 aromatic carbocycles. The van der Waals surface area contributed by atoms with Crippen LogP contribution in [0.15, 0.2) is 18.2 Å². The monoisotopic (exact) mass is 416 g/mol. The third-order valence-electron chi connectivity index (χ3n) is 4.81. The van der Waals surface area contributed by atoms with E-state index in [1.165, 1.54) is 18.0 Å². The fourth-order valence-electron chi connectivity index (χ4n) is 3.12.